The van der Waals surface area contributed by atoms with Gasteiger partial charge in [0.15, 0.2) is 0 Å². The molecule has 1 unspecified atom stereocenters. The average Bonchev–Trinajstić information content (AvgIpc) is 2.36. The van der Waals surface area contributed by atoms with E-state index in [0.29, 0.717) is 5.56 Å². The van der Waals surface area contributed by atoms with E-state index in [0.717, 1.165) is 0 Å². The second-order valence-corrected chi connectivity index (χ2v) is 3.93. The summed E-state index contributed by atoms with van der Waals surface area (Å²) in [4.78, 5) is 32.9. The number of hydrogen-bond acceptors (Lipinski definition) is 5. The quantitative estimate of drug-likeness (QED) is 0.554. The van der Waals surface area contributed by atoms with E-state index in [2.05, 4.69) is 0 Å². The molecule has 1 rings (SSSR count). The predicted octanol–water partition coefficient (Wildman–Crippen LogP) is 0.638. The number of benzene rings is 1. The van der Waals surface area contributed by atoms with Crippen molar-refractivity contribution in [1.29, 1.82) is 0 Å². The van der Waals surface area contributed by atoms with E-state index in [9.17, 15) is 19.5 Å². The van der Waals surface area contributed by atoms with Gasteiger partial charge in [-0.3, -0.25) is 9.59 Å². The first-order valence-corrected chi connectivity index (χ1v) is 5.62. The Morgan fingerprint density at radius 3 is 2.37 bits per heavy atom. The van der Waals surface area contributed by atoms with E-state index in [1.54, 1.807) is 30.3 Å². The number of ether oxygens (including phenoxy) is 1. The van der Waals surface area contributed by atoms with E-state index in [-0.39, 0.29) is 13.0 Å². The fourth-order valence-corrected chi connectivity index (χ4v) is 1.39. The molecule has 0 aliphatic heterocycles. The van der Waals surface area contributed by atoms with Crippen LogP contribution in [0, 0.1) is 0 Å². The molecule has 1 aromatic rings. The number of esters is 1. The number of aliphatic carboxylic acids is 1. The van der Waals surface area contributed by atoms with Gasteiger partial charge in [-0.15, -0.1) is 0 Å². The van der Waals surface area contributed by atoms with Crippen LogP contribution in [-0.4, -0.2) is 40.6 Å². The topological polar surface area (TPSA) is 101 Å². The highest BCUT2D eigenvalue weighted by Gasteiger charge is 2.16. The Balaban J connectivity index is 2.34. The minimum atomic E-state index is -1.25. The molecular weight excluding hydrogens is 252 g/mol. The highest BCUT2D eigenvalue weighted by molar-refractivity contribution is 5.95. The third-order valence-corrected chi connectivity index (χ3v) is 2.23. The van der Waals surface area contributed by atoms with Crippen LogP contribution in [0.1, 0.15) is 23.2 Å². The monoisotopic (exact) mass is 266 g/mol. The van der Waals surface area contributed by atoms with Gasteiger partial charge in [-0.25, -0.2) is 4.79 Å². The summed E-state index contributed by atoms with van der Waals surface area (Å²) in [5.74, 6) is -2.47. The van der Waals surface area contributed by atoms with Crippen molar-refractivity contribution in [1.82, 2.24) is 0 Å². The van der Waals surface area contributed by atoms with Crippen LogP contribution in [0.2, 0.25) is 0 Å². The molecule has 19 heavy (non-hydrogen) atoms. The van der Waals surface area contributed by atoms with Crippen molar-refractivity contribution in [3.8, 4) is 0 Å². The number of carbonyl (C=O) groups is 3. The molecule has 0 radical (unpaired) electrons. The lowest BCUT2D eigenvalue weighted by Crippen LogP contribution is -2.23. The smallest absolute Gasteiger partial charge is 0.338 e. The number of aliphatic hydroxyl groups is 1. The molecule has 0 fully saturated rings. The van der Waals surface area contributed by atoms with Gasteiger partial charge in [0.05, 0.1) is 11.7 Å². The lowest BCUT2D eigenvalue weighted by atomic mass is 10.1. The summed E-state index contributed by atoms with van der Waals surface area (Å²) in [7, 11) is 0. The second kappa shape index (κ2) is 7.27. The zero-order valence-corrected chi connectivity index (χ0v) is 10.1. The van der Waals surface area contributed by atoms with Crippen LogP contribution < -0.4 is 0 Å². The average molecular weight is 266 g/mol. The number of hydrogen-bond donors (Lipinski definition) is 2. The standard InChI is InChI=1S/C13H14O6/c14-10(7-12(16)17)6-11(15)8-19-13(18)9-4-2-1-3-5-9/h1-5,11,15H,6-8H2,(H,16,17). The van der Waals surface area contributed by atoms with Crippen molar-refractivity contribution in [2.45, 2.75) is 18.9 Å². The van der Waals surface area contributed by atoms with Crippen LogP contribution in [0.15, 0.2) is 30.3 Å². The van der Waals surface area contributed by atoms with E-state index in [1.165, 1.54) is 0 Å². The lowest BCUT2D eigenvalue weighted by molar-refractivity contribution is -0.140. The highest BCUT2D eigenvalue weighted by atomic mass is 16.5. The van der Waals surface area contributed by atoms with Crippen molar-refractivity contribution in [3.63, 3.8) is 0 Å². The summed E-state index contributed by atoms with van der Waals surface area (Å²) in [6.45, 7) is -0.348. The molecule has 6 heteroatoms. The summed E-state index contributed by atoms with van der Waals surface area (Å²) in [6, 6.07) is 8.21. The van der Waals surface area contributed by atoms with Crippen molar-refractivity contribution >= 4 is 17.7 Å². The molecule has 0 aromatic heterocycles. The Labute approximate surface area is 109 Å². The Hall–Kier alpha value is -2.21. The van der Waals surface area contributed by atoms with Gasteiger partial charge in [-0.05, 0) is 12.1 Å². The molecule has 0 aliphatic rings. The number of rotatable bonds is 7. The molecule has 102 valence electrons. The zero-order chi connectivity index (χ0) is 14.3. The Morgan fingerprint density at radius 2 is 1.79 bits per heavy atom. The molecule has 2 N–H and O–H groups in total. The summed E-state index contributed by atoms with van der Waals surface area (Å²) >= 11 is 0. The maximum absolute atomic E-state index is 11.5. The number of carboxylic acid groups (broad SMARTS) is 1. The summed E-state index contributed by atoms with van der Waals surface area (Å²) in [6.07, 6.45) is -2.20. The molecule has 6 nitrogen and oxygen atoms in total. The number of aliphatic hydroxyl groups excluding tert-OH is 1. The van der Waals surface area contributed by atoms with E-state index >= 15 is 0 Å². The molecule has 0 amide bonds. The number of carbonyl (C=O) groups excluding carboxylic acids is 2. The van der Waals surface area contributed by atoms with Crippen LogP contribution >= 0.6 is 0 Å². The minimum absolute atomic E-state index is 0.339. The third-order valence-electron chi connectivity index (χ3n) is 2.23. The first kappa shape index (κ1) is 14.8. The largest absolute Gasteiger partial charge is 0.481 e. The van der Waals surface area contributed by atoms with Crippen molar-refractivity contribution in [2.75, 3.05) is 6.61 Å². The summed E-state index contributed by atoms with van der Waals surface area (Å²) in [5.41, 5.74) is 0.339. The minimum Gasteiger partial charge on any atom is -0.481 e. The molecule has 0 saturated carbocycles. The van der Waals surface area contributed by atoms with Gasteiger partial charge in [0.2, 0.25) is 0 Å². The van der Waals surface area contributed by atoms with Crippen LogP contribution in [-0.2, 0) is 14.3 Å². The van der Waals surface area contributed by atoms with Gasteiger partial charge in [0.1, 0.15) is 18.8 Å². The number of carboxylic acids is 1. The van der Waals surface area contributed by atoms with Gasteiger partial charge in [0, 0.05) is 6.42 Å². The Bertz CT molecular complexity index is 453. The molecule has 1 aromatic carbocycles. The van der Waals surface area contributed by atoms with Crippen LogP contribution in [0.4, 0.5) is 0 Å². The molecule has 0 spiro atoms. The molecular formula is C13H14O6. The van der Waals surface area contributed by atoms with Crippen molar-refractivity contribution in [3.05, 3.63) is 35.9 Å². The van der Waals surface area contributed by atoms with E-state index in [1.807, 2.05) is 0 Å². The van der Waals surface area contributed by atoms with Crippen LogP contribution in [0.3, 0.4) is 0 Å². The Morgan fingerprint density at radius 1 is 1.16 bits per heavy atom. The first-order valence-electron chi connectivity index (χ1n) is 5.62. The summed E-state index contributed by atoms with van der Waals surface area (Å²) < 4.78 is 4.81. The van der Waals surface area contributed by atoms with Gasteiger partial charge < -0.3 is 14.9 Å². The van der Waals surface area contributed by atoms with Gasteiger partial charge >= 0.3 is 11.9 Å². The van der Waals surface area contributed by atoms with Gasteiger partial charge in [-0.1, -0.05) is 18.2 Å². The summed E-state index contributed by atoms with van der Waals surface area (Å²) in [5, 5.41) is 17.8. The molecule has 1 atom stereocenters. The van der Waals surface area contributed by atoms with Gasteiger partial charge in [0.25, 0.3) is 0 Å². The maximum atomic E-state index is 11.5. The molecule has 0 bridgehead atoms. The lowest BCUT2D eigenvalue weighted by Gasteiger charge is -2.10. The molecule has 0 saturated heterocycles. The molecule has 0 heterocycles. The van der Waals surface area contributed by atoms with Crippen LogP contribution in [0.25, 0.3) is 0 Å². The fourth-order valence-electron chi connectivity index (χ4n) is 1.39. The van der Waals surface area contributed by atoms with Crippen LogP contribution in [0.5, 0.6) is 0 Å². The van der Waals surface area contributed by atoms with Crippen molar-refractivity contribution < 1.29 is 29.3 Å². The second-order valence-electron chi connectivity index (χ2n) is 3.93. The number of ketones is 1. The maximum Gasteiger partial charge on any atom is 0.338 e. The van der Waals surface area contributed by atoms with Gasteiger partial charge in [-0.2, -0.15) is 0 Å². The molecule has 0 aliphatic carbocycles. The van der Waals surface area contributed by atoms with Crippen molar-refractivity contribution in [2.24, 2.45) is 0 Å². The third kappa shape index (κ3) is 5.78. The zero-order valence-electron chi connectivity index (χ0n) is 10.1. The predicted molar refractivity (Wildman–Crippen MR) is 64.6 cm³/mol. The highest BCUT2D eigenvalue weighted by Crippen LogP contribution is 2.03. The fraction of sp³-hybridized carbons (Fsp3) is 0.308. The first-order chi connectivity index (χ1) is 8.99. The Kier molecular flexibility index (Phi) is 5.69. The van der Waals surface area contributed by atoms with E-state index in [4.69, 9.17) is 9.84 Å². The normalized spacial score (nSPS) is 11.6. The number of Topliss-reactive ketones (excluding diaryl/α,β-unsaturated/α-hetero) is 1. The van der Waals surface area contributed by atoms with E-state index < -0.39 is 30.2 Å². The SMILES string of the molecule is O=C(O)CC(=O)CC(O)COC(=O)c1ccccc1.